The van der Waals surface area contributed by atoms with Crippen LogP contribution in [0, 0.1) is 5.92 Å². The van der Waals surface area contributed by atoms with E-state index < -0.39 is 0 Å². The van der Waals surface area contributed by atoms with Crippen molar-refractivity contribution in [3.05, 3.63) is 28.2 Å². The van der Waals surface area contributed by atoms with Gasteiger partial charge in [0.2, 0.25) is 0 Å². The lowest BCUT2D eigenvalue weighted by molar-refractivity contribution is 0.0933. The summed E-state index contributed by atoms with van der Waals surface area (Å²) in [7, 11) is 0. The standard InChI is InChI=1S/C13H18BrNO2/c1-8(2)6-9(3)15-13(17)11-7-10(14)4-5-12(11)16/h4-5,7-9,16H,6H2,1-3H3,(H,15,17). The van der Waals surface area contributed by atoms with Gasteiger partial charge in [-0.05, 0) is 37.5 Å². The number of rotatable bonds is 4. The van der Waals surface area contributed by atoms with Crippen molar-refractivity contribution in [2.24, 2.45) is 5.92 Å². The first-order chi connectivity index (χ1) is 7.90. The molecule has 0 heterocycles. The number of amides is 1. The smallest absolute Gasteiger partial charge is 0.255 e. The molecule has 0 spiro atoms. The van der Waals surface area contributed by atoms with E-state index in [0.29, 0.717) is 11.5 Å². The van der Waals surface area contributed by atoms with E-state index >= 15 is 0 Å². The van der Waals surface area contributed by atoms with E-state index in [4.69, 9.17) is 0 Å². The van der Waals surface area contributed by atoms with Gasteiger partial charge in [-0.2, -0.15) is 0 Å². The first-order valence-electron chi connectivity index (χ1n) is 5.69. The van der Waals surface area contributed by atoms with Crippen LogP contribution in [-0.2, 0) is 0 Å². The summed E-state index contributed by atoms with van der Waals surface area (Å²) in [6.07, 6.45) is 0.917. The van der Waals surface area contributed by atoms with Crippen molar-refractivity contribution in [2.75, 3.05) is 0 Å². The fourth-order valence-electron chi connectivity index (χ4n) is 1.76. The van der Waals surface area contributed by atoms with Crippen LogP contribution in [-0.4, -0.2) is 17.1 Å². The number of nitrogens with one attached hydrogen (secondary N) is 1. The fourth-order valence-corrected chi connectivity index (χ4v) is 2.12. The number of benzene rings is 1. The SMILES string of the molecule is CC(C)CC(C)NC(=O)c1cc(Br)ccc1O. The van der Waals surface area contributed by atoms with Gasteiger partial charge in [-0.1, -0.05) is 29.8 Å². The minimum Gasteiger partial charge on any atom is -0.507 e. The summed E-state index contributed by atoms with van der Waals surface area (Å²) in [5, 5.41) is 12.5. The molecule has 1 unspecified atom stereocenters. The summed E-state index contributed by atoms with van der Waals surface area (Å²) in [6.45, 7) is 6.19. The molecular formula is C13H18BrNO2. The second-order valence-corrected chi connectivity index (χ2v) is 5.58. The van der Waals surface area contributed by atoms with E-state index in [1.54, 1.807) is 12.1 Å². The van der Waals surface area contributed by atoms with Gasteiger partial charge in [-0.3, -0.25) is 4.79 Å². The molecule has 4 heteroatoms. The number of aromatic hydroxyl groups is 1. The second kappa shape index (κ2) is 6.05. The minimum absolute atomic E-state index is 0.00227. The van der Waals surface area contributed by atoms with Crippen molar-refractivity contribution in [1.29, 1.82) is 0 Å². The van der Waals surface area contributed by atoms with E-state index in [1.165, 1.54) is 6.07 Å². The Balaban J connectivity index is 2.73. The van der Waals surface area contributed by atoms with Gasteiger partial charge in [0.05, 0.1) is 5.56 Å². The monoisotopic (exact) mass is 299 g/mol. The molecule has 0 aliphatic rings. The molecular weight excluding hydrogens is 282 g/mol. The normalized spacial score (nSPS) is 12.5. The number of hydrogen-bond acceptors (Lipinski definition) is 2. The molecule has 0 fully saturated rings. The summed E-state index contributed by atoms with van der Waals surface area (Å²) in [6, 6.07) is 4.92. The van der Waals surface area contributed by atoms with E-state index in [1.807, 2.05) is 6.92 Å². The quantitative estimate of drug-likeness (QED) is 0.896. The number of halogens is 1. The Bertz CT molecular complexity index is 404. The predicted octanol–water partition coefficient (Wildman–Crippen LogP) is 3.32. The van der Waals surface area contributed by atoms with Crippen molar-refractivity contribution < 1.29 is 9.90 Å². The zero-order chi connectivity index (χ0) is 13.0. The lowest BCUT2D eigenvalue weighted by atomic mass is 10.0. The van der Waals surface area contributed by atoms with Crippen LogP contribution in [0.4, 0.5) is 0 Å². The molecule has 1 rings (SSSR count). The fraction of sp³-hybridized carbons (Fsp3) is 0.462. The van der Waals surface area contributed by atoms with Gasteiger partial charge in [0, 0.05) is 10.5 Å². The van der Waals surface area contributed by atoms with Crippen molar-refractivity contribution in [2.45, 2.75) is 33.2 Å². The van der Waals surface area contributed by atoms with Gasteiger partial charge in [-0.25, -0.2) is 0 Å². The predicted molar refractivity (Wildman–Crippen MR) is 72.2 cm³/mol. The Morgan fingerprint density at radius 1 is 1.41 bits per heavy atom. The van der Waals surface area contributed by atoms with Crippen molar-refractivity contribution in [3.63, 3.8) is 0 Å². The van der Waals surface area contributed by atoms with Gasteiger partial charge in [0.15, 0.2) is 0 Å². The van der Waals surface area contributed by atoms with E-state index in [-0.39, 0.29) is 17.7 Å². The number of hydrogen-bond donors (Lipinski definition) is 2. The Morgan fingerprint density at radius 2 is 2.06 bits per heavy atom. The van der Waals surface area contributed by atoms with Crippen LogP contribution >= 0.6 is 15.9 Å². The third kappa shape index (κ3) is 4.38. The summed E-state index contributed by atoms with van der Waals surface area (Å²) in [5.74, 6) is 0.292. The Hall–Kier alpha value is -1.03. The number of phenols is 1. The largest absolute Gasteiger partial charge is 0.507 e. The van der Waals surface area contributed by atoms with Gasteiger partial charge >= 0.3 is 0 Å². The number of carbonyl (C=O) groups is 1. The molecule has 1 atom stereocenters. The van der Waals surface area contributed by atoms with Crippen LogP contribution in [0.1, 0.15) is 37.6 Å². The van der Waals surface area contributed by atoms with Crippen LogP contribution in [0.15, 0.2) is 22.7 Å². The van der Waals surface area contributed by atoms with E-state index in [0.717, 1.165) is 10.9 Å². The molecule has 1 aromatic carbocycles. The summed E-state index contributed by atoms with van der Waals surface area (Å²) < 4.78 is 0.775. The maximum atomic E-state index is 11.9. The molecule has 0 aliphatic heterocycles. The lowest BCUT2D eigenvalue weighted by Crippen LogP contribution is -2.33. The van der Waals surface area contributed by atoms with Gasteiger partial charge in [0.1, 0.15) is 5.75 Å². The first kappa shape index (κ1) is 14.0. The molecule has 17 heavy (non-hydrogen) atoms. The van der Waals surface area contributed by atoms with Crippen LogP contribution < -0.4 is 5.32 Å². The molecule has 0 saturated carbocycles. The maximum absolute atomic E-state index is 11.9. The second-order valence-electron chi connectivity index (χ2n) is 4.67. The van der Waals surface area contributed by atoms with Gasteiger partial charge in [-0.15, -0.1) is 0 Å². The minimum atomic E-state index is -0.239. The van der Waals surface area contributed by atoms with Crippen molar-refractivity contribution in [3.8, 4) is 5.75 Å². The third-order valence-corrected chi connectivity index (χ3v) is 2.90. The van der Waals surface area contributed by atoms with E-state index in [9.17, 15) is 9.90 Å². The molecule has 1 aromatic rings. The van der Waals surface area contributed by atoms with Crippen molar-refractivity contribution in [1.82, 2.24) is 5.32 Å². The van der Waals surface area contributed by atoms with Gasteiger partial charge < -0.3 is 10.4 Å². The van der Waals surface area contributed by atoms with Crippen LogP contribution in [0.5, 0.6) is 5.75 Å². The molecule has 0 saturated heterocycles. The molecule has 3 nitrogen and oxygen atoms in total. The summed E-state index contributed by atoms with van der Waals surface area (Å²) in [5.41, 5.74) is 0.301. The third-order valence-electron chi connectivity index (χ3n) is 2.41. The summed E-state index contributed by atoms with van der Waals surface area (Å²) >= 11 is 3.28. The van der Waals surface area contributed by atoms with Crippen LogP contribution in [0.25, 0.3) is 0 Å². The Morgan fingerprint density at radius 3 is 2.65 bits per heavy atom. The molecule has 0 bridgehead atoms. The zero-order valence-corrected chi connectivity index (χ0v) is 11.9. The van der Waals surface area contributed by atoms with E-state index in [2.05, 4.69) is 35.1 Å². The molecule has 0 radical (unpaired) electrons. The molecule has 0 aromatic heterocycles. The molecule has 1 amide bonds. The Labute approximate surface area is 110 Å². The average Bonchev–Trinajstić information content (AvgIpc) is 2.20. The highest BCUT2D eigenvalue weighted by Crippen LogP contribution is 2.21. The maximum Gasteiger partial charge on any atom is 0.255 e. The van der Waals surface area contributed by atoms with Crippen molar-refractivity contribution >= 4 is 21.8 Å². The number of phenolic OH excluding ortho intramolecular Hbond substituents is 1. The van der Waals surface area contributed by atoms with Gasteiger partial charge in [0.25, 0.3) is 5.91 Å². The average molecular weight is 300 g/mol. The first-order valence-corrected chi connectivity index (χ1v) is 6.48. The Kier molecular flexibility index (Phi) is 5.00. The molecule has 2 N–H and O–H groups in total. The summed E-state index contributed by atoms with van der Waals surface area (Å²) in [4.78, 5) is 11.9. The highest BCUT2D eigenvalue weighted by atomic mass is 79.9. The molecule has 94 valence electrons. The topological polar surface area (TPSA) is 49.3 Å². The lowest BCUT2D eigenvalue weighted by Gasteiger charge is -2.16. The van der Waals surface area contributed by atoms with Crippen LogP contribution in [0.2, 0.25) is 0 Å². The highest BCUT2D eigenvalue weighted by Gasteiger charge is 2.14. The number of carbonyl (C=O) groups excluding carboxylic acids is 1. The zero-order valence-electron chi connectivity index (χ0n) is 10.3. The molecule has 0 aliphatic carbocycles. The highest BCUT2D eigenvalue weighted by molar-refractivity contribution is 9.10. The van der Waals surface area contributed by atoms with Crippen LogP contribution in [0.3, 0.4) is 0 Å².